The second-order valence-corrected chi connectivity index (χ2v) is 4.05. The van der Waals surface area contributed by atoms with Gasteiger partial charge in [-0.2, -0.15) is 0 Å². The lowest BCUT2D eigenvalue weighted by molar-refractivity contribution is 0.108. The van der Waals surface area contributed by atoms with Crippen LogP contribution in [-0.4, -0.2) is 33.2 Å². The van der Waals surface area contributed by atoms with Crippen molar-refractivity contribution in [3.05, 3.63) is 22.2 Å². The molecule has 0 heterocycles. The first-order valence-electron chi connectivity index (χ1n) is 5.26. The van der Waals surface area contributed by atoms with Gasteiger partial charge in [0.2, 0.25) is 0 Å². The zero-order valence-corrected chi connectivity index (χ0v) is 11.5. The van der Waals surface area contributed by atoms with Gasteiger partial charge in [0.25, 0.3) is 0 Å². The highest BCUT2D eigenvalue weighted by molar-refractivity contribution is 9.10. The quantitative estimate of drug-likeness (QED) is 0.574. The topological polar surface area (TPSA) is 44.8 Å². The molecule has 0 fully saturated rings. The van der Waals surface area contributed by atoms with Gasteiger partial charge in [-0.3, -0.25) is 4.79 Å². The van der Waals surface area contributed by atoms with E-state index in [0.29, 0.717) is 41.4 Å². The lowest BCUT2D eigenvalue weighted by Gasteiger charge is -2.13. The number of hydrogen-bond acceptors (Lipinski definition) is 4. The average molecular weight is 303 g/mol. The summed E-state index contributed by atoms with van der Waals surface area (Å²) in [6, 6.07) is 3.32. The maximum Gasteiger partial charge on any atom is 0.175 e. The molecule has 1 rings (SSSR count). The maximum absolute atomic E-state index is 10.7. The average Bonchev–Trinajstić information content (AvgIpc) is 2.35. The molecule has 0 aliphatic rings. The molecular weight excluding hydrogens is 288 g/mol. The summed E-state index contributed by atoms with van der Waals surface area (Å²) in [5, 5.41) is 0. The fraction of sp³-hybridized carbons (Fsp3) is 0.417. The van der Waals surface area contributed by atoms with Gasteiger partial charge in [-0.05, 0) is 35.0 Å². The van der Waals surface area contributed by atoms with Crippen molar-refractivity contribution in [2.45, 2.75) is 6.92 Å². The van der Waals surface area contributed by atoms with Crippen LogP contribution in [0.3, 0.4) is 0 Å². The first kappa shape index (κ1) is 14.0. The number of hydrogen-bond donors (Lipinski definition) is 0. The molecule has 0 saturated carbocycles. The summed E-state index contributed by atoms with van der Waals surface area (Å²) in [6.07, 6.45) is 0.761. The molecule has 17 heavy (non-hydrogen) atoms. The van der Waals surface area contributed by atoms with E-state index in [2.05, 4.69) is 15.9 Å². The van der Waals surface area contributed by atoms with Gasteiger partial charge in [-0.15, -0.1) is 0 Å². The minimum Gasteiger partial charge on any atom is -0.493 e. The Morgan fingerprint density at radius 1 is 1.35 bits per heavy atom. The van der Waals surface area contributed by atoms with Crippen molar-refractivity contribution >= 4 is 22.2 Å². The molecule has 0 radical (unpaired) electrons. The van der Waals surface area contributed by atoms with Crippen LogP contribution in [-0.2, 0) is 4.74 Å². The van der Waals surface area contributed by atoms with Crippen molar-refractivity contribution in [1.29, 1.82) is 0 Å². The second-order valence-electron chi connectivity index (χ2n) is 3.20. The Balaban J connectivity index is 2.79. The number of rotatable bonds is 7. The van der Waals surface area contributed by atoms with E-state index in [1.165, 1.54) is 7.11 Å². The normalized spacial score (nSPS) is 10.1. The smallest absolute Gasteiger partial charge is 0.175 e. The lowest BCUT2D eigenvalue weighted by atomic mass is 10.2. The van der Waals surface area contributed by atoms with E-state index in [4.69, 9.17) is 14.2 Å². The lowest BCUT2D eigenvalue weighted by Crippen LogP contribution is -2.07. The monoisotopic (exact) mass is 302 g/mol. The molecule has 0 spiro atoms. The first-order valence-corrected chi connectivity index (χ1v) is 6.05. The Morgan fingerprint density at radius 3 is 2.71 bits per heavy atom. The minimum atomic E-state index is 0.434. The summed E-state index contributed by atoms with van der Waals surface area (Å²) in [6.45, 7) is 3.53. The number of ether oxygens (including phenoxy) is 3. The summed E-state index contributed by atoms with van der Waals surface area (Å²) in [5.41, 5.74) is 0.533. The van der Waals surface area contributed by atoms with E-state index in [-0.39, 0.29) is 0 Å². The van der Waals surface area contributed by atoms with Crippen molar-refractivity contribution in [3.8, 4) is 11.5 Å². The Kier molecular flexibility index (Phi) is 6.00. The van der Waals surface area contributed by atoms with Crippen molar-refractivity contribution in [1.82, 2.24) is 0 Å². The number of halogens is 1. The van der Waals surface area contributed by atoms with Gasteiger partial charge in [-0.25, -0.2) is 0 Å². The van der Waals surface area contributed by atoms with Gasteiger partial charge in [-0.1, -0.05) is 0 Å². The van der Waals surface area contributed by atoms with Gasteiger partial charge in [0.05, 0.1) is 18.2 Å². The molecule has 5 heteroatoms. The van der Waals surface area contributed by atoms with Crippen molar-refractivity contribution in [3.63, 3.8) is 0 Å². The molecule has 0 aliphatic carbocycles. The van der Waals surface area contributed by atoms with Crippen molar-refractivity contribution in [2.75, 3.05) is 26.9 Å². The van der Waals surface area contributed by atoms with Crippen molar-refractivity contribution in [2.24, 2.45) is 0 Å². The highest BCUT2D eigenvalue weighted by atomic mass is 79.9. The van der Waals surface area contributed by atoms with Gasteiger partial charge in [0.15, 0.2) is 11.5 Å². The fourth-order valence-corrected chi connectivity index (χ4v) is 1.87. The minimum absolute atomic E-state index is 0.434. The number of benzene rings is 1. The van der Waals surface area contributed by atoms with Crippen LogP contribution in [0.2, 0.25) is 0 Å². The highest BCUT2D eigenvalue weighted by Crippen LogP contribution is 2.36. The number of carbonyl (C=O) groups is 1. The highest BCUT2D eigenvalue weighted by Gasteiger charge is 2.11. The zero-order chi connectivity index (χ0) is 12.7. The molecule has 0 aliphatic heterocycles. The predicted molar refractivity (Wildman–Crippen MR) is 68.1 cm³/mol. The van der Waals surface area contributed by atoms with E-state index in [9.17, 15) is 4.79 Å². The first-order chi connectivity index (χ1) is 8.22. The third-order valence-electron chi connectivity index (χ3n) is 2.07. The Bertz CT molecular complexity index is 379. The zero-order valence-electron chi connectivity index (χ0n) is 9.86. The second kappa shape index (κ2) is 7.29. The van der Waals surface area contributed by atoms with Crippen LogP contribution in [0, 0.1) is 0 Å². The number of methoxy groups -OCH3 is 1. The number of aldehydes is 1. The Labute approximate surface area is 109 Å². The van der Waals surface area contributed by atoms with E-state index < -0.39 is 0 Å². The largest absolute Gasteiger partial charge is 0.493 e. The van der Waals surface area contributed by atoms with E-state index >= 15 is 0 Å². The van der Waals surface area contributed by atoms with Gasteiger partial charge in [0, 0.05) is 12.2 Å². The number of carbonyl (C=O) groups excluding carboxylic acids is 1. The summed E-state index contributed by atoms with van der Waals surface area (Å²) in [4.78, 5) is 10.7. The van der Waals surface area contributed by atoms with Crippen molar-refractivity contribution < 1.29 is 19.0 Å². The summed E-state index contributed by atoms with van der Waals surface area (Å²) in [7, 11) is 1.53. The van der Waals surface area contributed by atoms with E-state index in [1.807, 2.05) is 6.92 Å². The predicted octanol–water partition coefficient (Wildman–Crippen LogP) is 2.69. The summed E-state index contributed by atoms with van der Waals surface area (Å²) in [5.74, 6) is 1.11. The standard InChI is InChI=1S/C12H15BrO4/c1-3-16-4-5-17-12-10(13)6-9(8-14)7-11(12)15-2/h6-8H,3-5H2,1-2H3. The molecule has 1 aromatic rings. The van der Waals surface area contributed by atoms with Crippen LogP contribution in [0.25, 0.3) is 0 Å². The van der Waals surface area contributed by atoms with E-state index in [1.54, 1.807) is 12.1 Å². The SMILES string of the molecule is CCOCCOc1c(Br)cc(C=O)cc1OC. The Hall–Kier alpha value is -1.07. The third-order valence-corrected chi connectivity index (χ3v) is 2.66. The molecule has 94 valence electrons. The molecule has 0 bridgehead atoms. The molecule has 0 atom stereocenters. The molecular formula is C12H15BrO4. The molecule has 0 N–H and O–H groups in total. The fourth-order valence-electron chi connectivity index (χ4n) is 1.29. The van der Waals surface area contributed by atoms with Crippen LogP contribution in [0.4, 0.5) is 0 Å². The van der Waals surface area contributed by atoms with Crippen LogP contribution >= 0.6 is 15.9 Å². The molecule has 4 nitrogen and oxygen atoms in total. The third kappa shape index (κ3) is 4.02. The van der Waals surface area contributed by atoms with Crippen LogP contribution < -0.4 is 9.47 Å². The van der Waals surface area contributed by atoms with Gasteiger partial charge >= 0.3 is 0 Å². The van der Waals surface area contributed by atoms with Crippen LogP contribution in [0.15, 0.2) is 16.6 Å². The van der Waals surface area contributed by atoms with Gasteiger partial charge in [0.1, 0.15) is 12.9 Å². The molecule has 1 aromatic carbocycles. The summed E-state index contributed by atoms with van der Waals surface area (Å²) < 4.78 is 16.6. The molecule has 0 unspecified atom stereocenters. The van der Waals surface area contributed by atoms with Crippen LogP contribution in [0.5, 0.6) is 11.5 Å². The maximum atomic E-state index is 10.7. The molecule has 0 saturated heterocycles. The van der Waals surface area contributed by atoms with E-state index in [0.717, 1.165) is 6.29 Å². The Morgan fingerprint density at radius 2 is 2.12 bits per heavy atom. The molecule has 0 amide bonds. The summed E-state index contributed by atoms with van der Waals surface area (Å²) >= 11 is 3.34. The van der Waals surface area contributed by atoms with Crippen LogP contribution in [0.1, 0.15) is 17.3 Å². The molecule has 0 aromatic heterocycles. The van der Waals surface area contributed by atoms with Gasteiger partial charge < -0.3 is 14.2 Å².